The van der Waals surface area contributed by atoms with Crippen LogP contribution in [-0.4, -0.2) is 36.0 Å². The molecular weight excluding hydrogens is 286 g/mol. The van der Waals surface area contributed by atoms with Crippen molar-refractivity contribution in [2.24, 2.45) is 5.92 Å². The fourth-order valence-electron chi connectivity index (χ4n) is 2.69. The third kappa shape index (κ3) is 2.95. The Morgan fingerprint density at radius 3 is 2.89 bits per heavy atom. The molecule has 0 saturated heterocycles. The average molecular weight is 306 g/mol. The van der Waals surface area contributed by atoms with Gasteiger partial charge in [-0.15, -0.1) is 11.6 Å². The first-order valence-corrected chi connectivity index (χ1v) is 8.50. The van der Waals surface area contributed by atoms with Gasteiger partial charge in [-0.1, -0.05) is 19.8 Å². The molecule has 1 N–H and O–H groups in total. The van der Waals surface area contributed by atoms with Crippen LogP contribution in [0.1, 0.15) is 38.2 Å². The number of aromatic amines is 1. The Morgan fingerprint density at radius 2 is 2.26 bits per heavy atom. The molecule has 0 amide bonds. The summed E-state index contributed by atoms with van der Waals surface area (Å²) in [5.41, 5.74) is 0.525. The summed E-state index contributed by atoms with van der Waals surface area (Å²) < 4.78 is 26.6. The van der Waals surface area contributed by atoms with Gasteiger partial charge in [-0.3, -0.25) is 5.10 Å². The van der Waals surface area contributed by atoms with E-state index in [-0.39, 0.29) is 16.9 Å². The molecule has 19 heavy (non-hydrogen) atoms. The molecule has 1 aliphatic carbocycles. The zero-order valence-corrected chi connectivity index (χ0v) is 12.8. The van der Waals surface area contributed by atoms with Gasteiger partial charge < -0.3 is 0 Å². The maximum absolute atomic E-state index is 12.6. The average Bonchev–Trinajstić information content (AvgIpc) is 2.86. The summed E-state index contributed by atoms with van der Waals surface area (Å²) >= 11 is 5.75. The molecule has 0 aromatic carbocycles. The van der Waals surface area contributed by atoms with Gasteiger partial charge in [0.2, 0.25) is 0 Å². The number of rotatable bonds is 4. The number of halogens is 1. The zero-order chi connectivity index (χ0) is 14.0. The molecule has 1 saturated carbocycles. The first-order valence-electron chi connectivity index (χ1n) is 6.53. The minimum absolute atomic E-state index is 0.0697. The lowest BCUT2D eigenvalue weighted by Crippen LogP contribution is -2.40. The maximum atomic E-state index is 12.6. The van der Waals surface area contributed by atoms with Gasteiger partial charge in [0.25, 0.3) is 10.0 Å². The van der Waals surface area contributed by atoms with Crippen LogP contribution in [0, 0.1) is 5.92 Å². The monoisotopic (exact) mass is 305 g/mol. The second-order valence-electron chi connectivity index (χ2n) is 5.30. The summed E-state index contributed by atoms with van der Waals surface area (Å²) in [5, 5.41) is 6.48. The van der Waals surface area contributed by atoms with Crippen LogP contribution in [0.2, 0.25) is 0 Å². The van der Waals surface area contributed by atoms with Gasteiger partial charge in [-0.05, 0) is 18.8 Å². The van der Waals surface area contributed by atoms with Crippen molar-refractivity contribution in [2.75, 3.05) is 7.05 Å². The Labute approximate surface area is 119 Å². The van der Waals surface area contributed by atoms with E-state index in [4.69, 9.17) is 11.6 Å². The van der Waals surface area contributed by atoms with E-state index in [2.05, 4.69) is 17.1 Å². The highest BCUT2D eigenvalue weighted by molar-refractivity contribution is 7.89. The fourth-order valence-corrected chi connectivity index (χ4v) is 4.47. The Kier molecular flexibility index (Phi) is 4.53. The van der Waals surface area contributed by atoms with Gasteiger partial charge in [0.05, 0.1) is 12.1 Å². The van der Waals surface area contributed by atoms with E-state index in [1.54, 1.807) is 7.05 Å². The molecule has 2 unspecified atom stereocenters. The van der Waals surface area contributed by atoms with Crippen LogP contribution in [0.4, 0.5) is 0 Å². The van der Waals surface area contributed by atoms with Gasteiger partial charge in [0.15, 0.2) is 5.03 Å². The number of hydrogen-bond acceptors (Lipinski definition) is 3. The summed E-state index contributed by atoms with van der Waals surface area (Å²) in [4.78, 5) is 0. The SMILES string of the molecule is CC1CCCC(N(C)S(=O)(=O)c2[nH]ncc2CCl)C1. The summed E-state index contributed by atoms with van der Waals surface area (Å²) in [5.74, 6) is 0.714. The first kappa shape index (κ1) is 14.8. The van der Waals surface area contributed by atoms with Crippen molar-refractivity contribution in [1.82, 2.24) is 14.5 Å². The molecule has 1 aliphatic rings. The third-order valence-corrected chi connectivity index (χ3v) is 6.10. The molecule has 0 spiro atoms. The lowest BCUT2D eigenvalue weighted by Gasteiger charge is -2.33. The molecule has 0 radical (unpaired) electrons. The Balaban J connectivity index is 2.24. The number of nitrogens with one attached hydrogen (secondary N) is 1. The van der Waals surface area contributed by atoms with Gasteiger partial charge >= 0.3 is 0 Å². The lowest BCUT2D eigenvalue weighted by molar-refractivity contribution is 0.238. The van der Waals surface area contributed by atoms with E-state index in [1.807, 2.05) is 0 Å². The first-order chi connectivity index (χ1) is 8.96. The van der Waals surface area contributed by atoms with Gasteiger partial charge in [0, 0.05) is 18.7 Å². The maximum Gasteiger partial charge on any atom is 0.260 e. The van der Waals surface area contributed by atoms with Crippen molar-refractivity contribution in [2.45, 2.75) is 49.6 Å². The van der Waals surface area contributed by atoms with Crippen LogP contribution in [0.3, 0.4) is 0 Å². The van der Waals surface area contributed by atoms with Crippen molar-refractivity contribution in [3.63, 3.8) is 0 Å². The van der Waals surface area contributed by atoms with Crippen LogP contribution < -0.4 is 0 Å². The van der Waals surface area contributed by atoms with Crippen LogP contribution in [0.25, 0.3) is 0 Å². The highest BCUT2D eigenvalue weighted by atomic mass is 35.5. The number of aromatic nitrogens is 2. The summed E-state index contributed by atoms with van der Waals surface area (Å²) in [6.45, 7) is 2.17. The summed E-state index contributed by atoms with van der Waals surface area (Å²) in [6, 6.07) is 0.0697. The van der Waals surface area contributed by atoms with Crippen LogP contribution in [0.5, 0.6) is 0 Å². The van der Waals surface area contributed by atoms with E-state index in [9.17, 15) is 8.42 Å². The molecule has 0 aliphatic heterocycles. The molecule has 2 atom stereocenters. The third-order valence-electron chi connectivity index (χ3n) is 3.88. The highest BCUT2D eigenvalue weighted by Gasteiger charge is 2.33. The smallest absolute Gasteiger partial charge is 0.260 e. The van der Waals surface area contributed by atoms with Crippen molar-refractivity contribution in [1.29, 1.82) is 0 Å². The van der Waals surface area contributed by atoms with Crippen LogP contribution in [-0.2, 0) is 15.9 Å². The van der Waals surface area contributed by atoms with E-state index in [1.165, 1.54) is 16.9 Å². The number of sulfonamides is 1. The minimum atomic E-state index is -3.53. The number of H-pyrrole nitrogens is 1. The number of nitrogens with zero attached hydrogens (tertiary/aromatic N) is 2. The molecule has 0 bridgehead atoms. The Hall–Kier alpha value is -0.590. The molecule has 7 heteroatoms. The van der Waals surface area contributed by atoms with Gasteiger partial charge in [-0.2, -0.15) is 9.40 Å². The summed E-state index contributed by atoms with van der Waals surface area (Å²) in [7, 11) is -1.88. The lowest BCUT2D eigenvalue weighted by atomic mass is 9.87. The fraction of sp³-hybridized carbons (Fsp3) is 0.750. The van der Waals surface area contributed by atoms with Crippen molar-refractivity contribution in [3.8, 4) is 0 Å². The topological polar surface area (TPSA) is 66.1 Å². The standard InChI is InChI=1S/C12H20ClN3O2S/c1-9-4-3-5-11(6-9)16(2)19(17,18)12-10(7-13)8-14-15-12/h8-9,11H,3-7H2,1-2H3,(H,14,15). The Morgan fingerprint density at radius 1 is 1.53 bits per heavy atom. The molecule has 1 aromatic rings. The predicted molar refractivity (Wildman–Crippen MR) is 74.5 cm³/mol. The molecule has 1 aromatic heterocycles. The van der Waals surface area contributed by atoms with Crippen molar-refractivity contribution >= 4 is 21.6 Å². The minimum Gasteiger partial charge on any atom is -0.266 e. The summed E-state index contributed by atoms with van der Waals surface area (Å²) in [6.07, 6.45) is 5.57. The molecule has 2 rings (SSSR count). The second kappa shape index (κ2) is 5.81. The number of hydrogen-bond donors (Lipinski definition) is 1. The van der Waals surface area contributed by atoms with Crippen molar-refractivity contribution < 1.29 is 8.42 Å². The highest BCUT2D eigenvalue weighted by Crippen LogP contribution is 2.30. The largest absolute Gasteiger partial charge is 0.266 e. The molecule has 108 valence electrons. The van der Waals surface area contributed by atoms with E-state index in [0.717, 1.165) is 19.3 Å². The van der Waals surface area contributed by atoms with E-state index in [0.29, 0.717) is 11.5 Å². The quantitative estimate of drug-likeness (QED) is 0.868. The van der Waals surface area contributed by atoms with Gasteiger partial charge in [-0.25, -0.2) is 8.42 Å². The Bertz CT molecular complexity index is 529. The van der Waals surface area contributed by atoms with Gasteiger partial charge in [0.1, 0.15) is 0 Å². The normalized spacial score (nSPS) is 24.8. The predicted octanol–water partition coefficient (Wildman–Crippen LogP) is 2.35. The van der Waals surface area contributed by atoms with Crippen molar-refractivity contribution in [3.05, 3.63) is 11.8 Å². The van der Waals surface area contributed by atoms with Crippen LogP contribution in [0.15, 0.2) is 11.2 Å². The molecule has 1 heterocycles. The molecule has 5 nitrogen and oxygen atoms in total. The van der Waals surface area contributed by atoms with Crippen LogP contribution >= 0.6 is 11.6 Å². The second-order valence-corrected chi connectivity index (χ2v) is 7.51. The number of alkyl halides is 1. The van der Waals surface area contributed by atoms with E-state index >= 15 is 0 Å². The molecule has 1 fully saturated rings. The molecular formula is C12H20ClN3O2S. The van der Waals surface area contributed by atoms with E-state index < -0.39 is 10.0 Å². The zero-order valence-electron chi connectivity index (χ0n) is 11.3.